The first-order valence-corrected chi connectivity index (χ1v) is 20.7. The van der Waals surface area contributed by atoms with Crippen LogP contribution in [-0.2, 0) is 0 Å². The van der Waals surface area contributed by atoms with Gasteiger partial charge in [-0.25, -0.2) is 0 Å². The van der Waals surface area contributed by atoms with Gasteiger partial charge >= 0.3 is 0 Å². The van der Waals surface area contributed by atoms with E-state index < -0.39 is 0 Å². The topological polar surface area (TPSA) is 17.1 Å². The molecule has 1 aromatic heterocycles. The second kappa shape index (κ2) is 19.5. The first-order chi connectivity index (χ1) is 17.7. The molecule has 0 spiro atoms. The molecule has 2 aliphatic heterocycles. The van der Waals surface area contributed by atoms with E-state index in [2.05, 4.69) is 37.4 Å². The van der Waals surface area contributed by atoms with Crippen LogP contribution >= 0.6 is 93.2 Å². The monoisotopic (exact) mass is 638 g/mol. The lowest BCUT2D eigenvalue weighted by Crippen LogP contribution is -1.85. The summed E-state index contributed by atoms with van der Waals surface area (Å²) < 4.78 is 8.59. The van der Waals surface area contributed by atoms with Gasteiger partial charge in [0.1, 0.15) is 0 Å². The van der Waals surface area contributed by atoms with Gasteiger partial charge in [-0.2, -0.15) is 0 Å². The quantitative estimate of drug-likeness (QED) is 0.130. The molecule has 0 saturated carbocycles. The third-order valence-electron chi connectivity index (χ3n) is 6.06. The van der Waals surface area contributed by atoms with Gasteiger partial charge in [-0.1, -0.05) is 173 Å². The van der Waals surface area contributed by atoms with Crippen LogP contribution in [0.5, 0.6) is 0 Å². The highest BCUT2D eigenvalue weighted by atomic mass is 32.3. The fourth-order valence-corrected chi connectivity index (χ4v) is 16.0. The summed E-state index contributed by atoms with van der Waals surface area (Å²) in [7, 11) is 0. The van der Waals surface area contributed by atoms with Crippen molar-refractivity contribution in [2.75, 3.05) is 11.5 Å². The molecule has 0 fully saturated rings. The second-order valence-corrected chi connectivity index (χ2v) is 19.3. The van der Waals surface area contributed by atoms with Crippen molar-refractivity contribution in [2.45, 2.75) is 125 Å². The first kappa shape index (κ1) is 32.0. The summed E-state index contributed by atoms with van der Waals surface area (Å²) in [4.78, 5) is 11.7. The number of unbranched alkanes of at least 4 members (excludes halogenated alkanes) is 14. The molecule has 2 aliphatic rings. The molecule has 0 saturated heterocycles. The van der Waals surface area contributed by atoms with Crippen LogP contribution < -0.4 is 4.06 Å². The first-order valence-electron chi connectivity index (χ1n) is 13.8. The van der Waals surface area contributed by atoms with Crippen LogP contribution in [0.3, 0.4) is 0 Å². The molecule has 0 radical (unpaired) electrons. The summed E-state index contributed by atoms with van der Waals surface area (Å²) in [5.74, 6) is 2.50. The van der Waals surface area contributed by atoms with Gasteiger partial charge < -0.3 is 0 Å². The summed E-state index contributed by atoms with van der Waals surface area (Å²) in [6.45, 7) is 4.59. The van der Waals surface area contributed by atoms with Gasteiger partial charge in [0.15, 0.2) is 0 Å². The minimum Gasteiger partial charge on any atom is -0.265 e. The minimum absolute atomic E-state index is 0.233. The van der Waals surface area contributed by atoms with E-state index in [4.69, 9.17) is 0 Å². The average Bonchev–Trinajstić information content (AvgIpc) is 3.55. The van der Waals surface area contributed by atoms with Gasteiger partial charge in [-0.05, 0) is 24.3 Å². The molecule has 1 nitrogen and oxygen atoms in total. The zero-order valence-electron chi connectivity index (χ0n) is 21.9. The molecule has 36 heavy (non-hydrogen) atoms. The Hall–Kier alpha value is 1.43. The number of hydrogen-bond acceptors (Lipinski definition) is 9. The Morgan fingerprint density at radius 3 is 1.28 bits per heavy atom. The number of fused-ring (bicyclic) bond motifs is 1. The zero-order valence-corrected chi connectivity index (χ0v) is 28.4. The van der Waals surface area contributed by atoms with Crippen molar-refractivity contribution in [1.29, 1.82) is 0 Å². The van der Waals surface area contributed by atoms with Crippen molar-refractivity contribution >= 4 is 93.2 Å². The zero-order chi connectivity index (χ0) is 25.4. The summed E-state index contributed by atoms with van der Waals surface area (Å²) in [6, 6.07) is 0. The molecule has 1 aromatic rings. The van der Waals surface area contributed by atoms with Gasteiger partial charge in [0.25, 0.3) is 4.06 Å². The predicted octanol–water partition coefficient (Wildman–Crippen LogP) is 12.8. The van der Waals surface area contributed by atoms with Gasteiger partial charge in [0.2, 0.25) is 0 Å². The van der Waals surface area contributed by atoms with Crippen LogP contribution in [0.15, 0.2) is 30.2 Å². The van der Waals surface area contributed by atoms with Crippen molar-refractivity contribution in [2.24, 2.45) is 0 Å². The Kier molecular flexibility index (Phi) is 17.3. The molecule has 9 heteroatoms. The molecule has 0 aromatic carbocycles. The third kappa shape index (κ3) is 11.9. The molecule has 204 valence electrons. The minimum atomic E-state index is 0.233. The molecule has 0 atom stereocenters. The van der Waals surface area contributed by atoms with Crippen LogP contribution in [0.25, 0.3) is 0 Å². The van der Waals surface area contributed by atoms with Crippen molar-refractivity contribution < 1.29 is 0 Å². The molecule has 3 heterocycles. The van der Waals surface area contributed by atoms with Crippen LogP contribution in [-0.4, -0.2) is 11.5 Å². The van der Waals surface area contributed by atoms with E-state index in [0.29, 0.717) is 0 Å². The van der Waals surface area contributed by atoms with E-state index in [1.165, 1.54) is 154 Å². The standard InChI is InChI=1S/C27H42OS8/c1-3-5-7-9-11-13-15-17-19-29-21-22(30-20-18-16-14-12-10-8-6-4-2)32-23(31-21)24-33-25-26(34-24)36-27(28)35-25/h3-20H2,1-2H3. The van der Waals surface area contributed by atoms with Gasteiger partial charge in [0.05, 0.1) is 25.4 Å². The van der Waals surface area contributed by atoms with E-state index in [-0.39, 0.29) is 4.06 Å². The molecule has 0 unspecified atom stereocenters. The van der Waals surface area contributed by atoms with Crippen LogP contribution in [0.4, 0.5) is 0 Å². The Morgan fingerprint density at radius 2 is 0.861 bits per heavy atom. The highest BCUT2D eigenvalue weighted by Gasteiger charge is 2.30. The molecular weight excluding hydrogens is 597 g/mol. The molecule has 3 rings (SSSR count). The average molecular weight is 639 g/mol. The largest absolute Gasteiger partial charge is 0.289 e. The van der Waals surface area contributed by atoms with Crippen molar-refractivity contribution in [3.05, 3.63) is 25.8 Å². The van der Waals surface area contributed by atoms with Gasteiger partial charge in [-0.15, -0.1) is 23.5 Å². The number of rotatable bonds is 20. The van der Waals surface area contributed by atoms with E-state index in [0.717, 1.165) is 0 Å². The molecule has 0 bridgehead atoms. The second-order valence-electron chi connectivity index (χ2n) is 9.23. The lowest BCUT2D eigenvalue weighted by molar-refractivity contribution is 0.586. The SMILES string of the molecule is CCCCCCCCCCSC1=C(SCCCCCCCCCC)SC(=C2Sc3sc(=O)sc3S2)S1. The Balaban J connectivity index is 1.41. The fraction of sp³-hybridized carbons (Fsp3) is 0.741. The lowest BCUT2D eigenvalue weighted by Gasteiger charge is -2.06. The van der Waals surface area contributed by atoms with Crippen molar-refractivity contribution in [3.8, 4) is 0 Å². The molecular formula is C27H42OS8. The van der Waals surface area contributed by atoms with E-state index >= 15 is 0 Å². The Bertz CT molecular complexity index is 820. The van der Waals surface area contributed by atoms with E-state index in [1.807, 2.05) is 47.0 Å². The van der Waals surface area contributed by atoms with Crippen LogP contribution in [0.2, 0.25) is 0 Å². The van der Waals surface area contributed by atoms with Crippen molar-refractivity contribution in [3.63, 3.8) is 0 Å². The maximum Gasteiger partial charge on any atom is 0.289 e. The highest BCUT2D eigenvalue weighted by Crippen LogP contribution is 2.65. The Labute approximate surface area is 253 Å². The highest BCUT2D eigenvalue weighted by molar-refractivity contribution is 8.42. The Morgan fingerprint density at radius 1 is 0.500 bits per heavy atom. The predicted molar refractivity (Wildman–Crippen MR) is 180 cm³/mol. The lowest BCUT2D eigenvalue weighted by atomic mass is 10.1. The fourth-order valence-electron chi connectivity index (χ4n) is 3.99. The summed E-state index contributed by atoms with van der Waals surface area (Å²) in [6.07, 6.45) is 22.2. The maximum absolute atomic E-state index is 11.7. The maximum atomic E-state index is 11.7. The van der Waals surface area contributed by atoms with E-state index in [9.17, 15) is 4.79 Å². The molecule has 0 aliphatic carbocycles. The molecule has 0 N–H and O–H groups in total. The number of hydrogen-bond donors (Lipinski definition) is 0. The molecule has 0 amide bonds. The summed E-state index contributed by atoms with van der Waals surface area (Å²) >= 11 is 14.7. The van der Waals surface area contributed by atoms with Gasteiger partial charge in [0, 0.05) is 0 Å². The van der Waals surface area contributed by atoms with E-state index in [1.54, 1.807) is 8.47 Å². The van der Waals surface area contributed by atoms with Gasteiger partial charge in [-0.3, -0.25) is 4.79 Å². The summed E-state index contributed by atoms with van der Waals surface area (Å²) in [5.41, 5.74) is 0. The van der Waals surface area contributed by atoms with Crippen LogP contribution in [0.1, 0.15) is 117 Å². The van der Waals surface area contributed by atoms with Crippen LogP contribution in [0, 0.1) is 0 Å². The third-order valence-corrected chi connectivity index (χ3v) is 17.5. The number of thioether (sulfide) groups is 6. The van der Waals surface area contributed by atoms with Crippen molar-refractivity contribution in [1.82, 2.24) is 0 Å². The normalized spacial score (nSPS) is 15.5. The summed E-state index contributed by atoms with van der Waals surface area (Å²) in [5, 5.41) is 0. The smallest absolute Gasteiger partial charge is 0.265 e.